The van der Waals surface area contributed by atoms with Crippen LogP contribution in [0.3, 0.4) is 0 Å². The van der Waals surface area contributed by atoms with Crippen LogP contribution in [0.5, 0.6) is 5.88 Å². The number of ether oxygens (including phenoxy) is 1. The van der Waals surface area contributed by atoms with E-state index in [-0.39, 0.29) is 11.8 Å². The van der Waals surface area contributed by atoms with Gasteiger partial charge in [-0.15, -0.1) is 0 Å². The number of aryl methyl sites for hydroxylation is 1. The highest BCUT2D eigenvalue weighted by Crippen LogP contribution is 2.27. The molecule has 1 aromatic carbocycles. The van der Waals surface area contributed by atoms with E-state index < -0.39 is 0 Å². The molecule has 2 amide bonds. The van der Waals surface area contributed by atoms with Crippen molar-refractivity contribution in [2.75, 3.05) is 19.0 Å². The molecule has 2 aromatic rings. The van der Waals surface area contributed by atoms with Crippen LogP contribution in [-0.4, -0.2) is 30.5 Å². The lowest BCUT2D eigenvalue weighted by molar-refractivity contribution is 0.0951. The van der Waals surface area contributed by atoms with Crippen LogP contribution in [0.1, 0.15) is 58.4 Å². The molecule has 3 rings (SSSR count). The van der Waals surface area contributed by atoms with Crippen LogP contribution in [0.4, 0.5) is 5.69 Å². The van der Waals surface area contributed by atoms with Crippen molar-refractivity contribution >= 4 is 17.5 Å². The molecule has 1 aliphatic carbocycles. The number of hydrogen-bond acceptors (Lipinski definition) is 4. The molecule has 0 radical (unpaired) electrons. The van der Waals surface area contributed by atoms with Gasteiger partial charge in [-0.2, -0.15) is 0 Å². The van der Waals surface area contributed by atoms with Gasteiger partial charge in [0.15, 0.2) is 0 Å². The summed E-state index contributed by atoms with van der Waals surface area (Å²) in [6.45, 7) is 2.53. The number of nitrogens with zero attached hydrogens (tertiary/aromatic N) is 1. The number of anilines is 1. The van der Waals surface area contributed by atoms with Crippen molar-refractivity contribution in [1.82, 2.24) is 10.3 Å². The minimum atomic E-state index is -0.273. The second-order valence-corrected chi connectivity index (χ2v) is 7.27. The van der Waals surface area contributed by atoms with Gasteiger partial charge in [0.05, 0.1) is 19.0 Å². The topological polar surface area (TPSA) is 80.3 Å². The van der Waals surface area contributed by atoms with Crippen LogP contribution in [0, 0.1) is 12.8 Å². The predicted molar refractivity (Wildman–Crippen MR) is 109 cm³/mol. The normalized spacial score (nSPS) is 13.9. The van der Waals surface area contributed by atoms with Crippen molar-refractivity contribution in [2.45, 2.75) is 39.0 Å². The van der Waals surface area contributed by atoms with Gasteiger partial charge in [0.2, 0.25) is 5.88 Å². The molecule has 1 heterocycles. The molecule has 1 fully saturated rings. The highest BCUT2D eigenvalue weighted by Gasteiger charge is 2.16. The lowest BCUT2D eigenvalue weighted by atomic mass is 10.0. The average Bonchev–Trinajstić information content (AvgIpc) is 3.22. The number of methoxy groups -OCH3 is 1. The lowest BCUT2D eigenvalue weighted by Gasteiger charge is -2.12. The van der Waals surface area contributed by atoms with Gasteiger partial charge in [0.25, 0.3) is 11.8 Å². The molecule has 0 atom stereocenters. The Morgan fingerprint density at radius 2 is 1.93 bits per heavy atom. The number of nitrogens with one attached hydrogen (secondary N) is 2. The van der Waals surface area contributed by atoms with Crippen molar-refractivity contribution < 1.29 is 14.3 Å². The number of hydrogen-bond donors (Lipinski definition) is 2. The fraction of sp³-hybridized carbons (Fsp3) is 0.409. The molecule has 1 aromatic heterocycles. The van der Waals surface area contributed by atoms with Crippen LogP contribution in [0.15, 0.2) is 36.5 Å². The molecule has 0 spiro atoms. The van der Waals surface area contributed by atoms with Gasteiger partial charge in [-0.05, 0) is 43.0 Å². The Bertz CT molecular complexity index is 827. The highest BCUT2D eigenvalue weighted by molar-refractivity contribution is 6.07. The van der Waals surface area contributed by atoms with Crippen molar-refractivity contribution in [3.05, 3.63) is 53.2 Å². The van der Waals surface area contributed by atoms with Crippen LogP contribution in [0.25, 0.3) is 0 Å². The van der Waals surface area contributed by atoms with Gasteiger partial charge in [0, 0.05) is 23.7 Å². The molecule has 1 aliphatic rings. The van der Waals surface area contributed by atoms with Crippen molar-refractivity contribution in [2.24, 2.45) is 5.92 Å². The number of aromatic nitrogens is 1. The second-order valence-electron chi connectivity index (χ2n) is 7.27. The van der Waals surface area contributed by atoms with Gasteiger partial charge in [0.1, 0.15) is 0 Å². The molecule has 2 N–H and O–H groups in total. The summed E-state index contributed by atoms with van der Waals surface area (Å²) in [4.78, 5) is 29.2. The summed E-state index contributed by atoms with van der Waals surface area (Å²) >= 11 is 0. The van der Waals surface area contributed by atoms with Crippen molar-refractivity contribution in [3.63, 3.8) is 0 Å². The smallest absolute Gasteiger partial charge is 0.255 e. The maximum atomic E-state index is 12.7. The molecular formula is C22H27N3O3. The molecule has 1 saturated carbocycles. The number of carbonyl (C=O) groups is 2. The zero-order valence-corrected chi connectivity index (χ0v) is 16.5. The predicted octanol–water partition coefficient (Wildman–Crippen LogP) is 3.96. The third-order valence-electron chi connectivity index (χ3n) is 5.26. The molecule has 148 valence electrons. The highest BCUT2D eigenvalue weighted by atomic mass is 16.5. The van der Waals surface area contributed by atoms with Crippen LogP contribution >= 0.6 is 0 Å². The number of carbonyl (C=O) groups excluding carboxylic acids is 2. The first-order valence-electron chi connectivity index (χ1n) is 9.77. The molecular weight excluding hydrogens is 354 g/mol. The zero-order chi connectivity index (χ0) is 19.9. The number of rotatable bonds is 7. The van der Waals surface area contributed by atoms with Crippen LogP contribution in [0.2, 0.25) is 0 Å². The SMILES string of the molecule is COc1ccc(NC(=O)c2cc(C(=O)NCCC3CCCC3)ccc2C)cn1. The summed E-state index contributed by atoms with van der Waals surface area (Å²) in [6, 6.07) is 8.60. The van der Waals surface area contributed by atoms with Crippen LogP contribution < -0.4 is 15.4 Å². The van der Waals surface area contributed by atoms with Gasteiger partial charge in [-0.25, -0.2) is 4.98 Å². The lowest BCUT2D eigenvalue weighted by Crippen LogP contribution is -2.26. The zero-order valence-electron chi connectivity index (χ0n) is 16.5. The van der Waals surface area contributed by atoms with E-state index in [1.165, 1.54) is 39.0 Å². The maximum absolute atomic E-state index is 12.7. The fourth-order valence-electron chi connectivity index (χ4n) is 3.57. The second kappa shape index (κ2) is 9.35. The summed E-state index contributed by atoms with van der Waals surface area (Å²) in [7, 11) is 1.54. The minimum Gasteiger partial charge on any atom is -0.481 e. The Kier molecular flexibility index (Phi) is 6.63. The first-order chi connectivity index (χ1) is 13.6. The molecule has 6 nitrogen and oxygen atoms in total. The Balaban J connectivity index is 1.62. The molecule has 0 aliphatic heterocycles. The molecule has 6 heteroatoms. The standard InChI is InChI=1S/C22H27N3O3/c1-15-7-8-17(21(26)23-12-11-16-5-3-4-6-16)13-19(15)22(27)25-18-9-10-20(28-2)24-14-18/h7-10,13-14,16H,3-6,11-12H2,1-2H3,(H,23,26)(H,25,27). The van der Waals surface area contributed by atoms with Gasteiger partial charge < -0.3 is 15.4 Å². The van der Waals surface area contributed by atoms with Crippen LogP contribution in [-0.2, 0) is 0 Å². The molecule has 28 heavy (non-hydrogen) atoms. The Labute approximate surface area is 165 Å². The number of benzene rings is 1. The summed E-state index contributed by atoms with van der Waals surface area (Å²) < 4.78 is 5.02. The molecule has 0 saturated heterocycles. The summed E-state index contributed by atoms with van der Waals surface area (Å²) in [5.41, 5.74) is 2.34. The summed E-state index contributed by atoms with van der Waals surface area (Å²) in [5.74, 6) is 0.798. The van der Waals surface area contributed by atoms with E-state index in [1.54, 1.807) is 30.3 Å². The summed E-state index contributed by atoms with van der Waals surface area (Å²) in [5, 5.41) is 5.79. The van der Waals surface area contributed by atoms with E-state index in [0.29, 0.717) is 29.2 Å². The quantitative estimate of drug-likeness (QED) is 0.761. The third kappa shape index (κ3) is 5.09. The first-order valence-corrected chi connectivity index (χ1v) is 9.77. The first kappa shape index (κ1) is 19.9. The summed E-state index contributed by atoms with van der Waals surface area (Å²) in [6.07, 6.45) is 7.70. The fourth-order valence-corrected chi connectivity index (χ4v) is 3.57. The minimum absolute atomic E-state index is 0.141. The van der Waals surface area contributed by atoms with Gasteiger partial charge in [-0.3, -0.25) is 9.59 Å². The molecule has 0 unspecified atom stereocenters. The van der Waals surface area contributed by atoms with E-state index in [1.807, 2.05) is 6.92 Å². The maximum Gasteiger partial charge on any atom is 0.255 e. The monoisotopic (exact) mass is 381 g/mol. The van der Waals surface area contributed by atoms with E-state index in [9.17, 15) is 9.59 Å². The Hall–Kier alpha value is -2.89. The van der Waals surface area contributed by atoms with E-state index in [2.05, 4.69) is 15.6 Å². The van der Waals surface area contributed by atoms with E-state index in [4.69, 9.17) is 4.74 Å². The van der Waals surface area contributed by atoms with Gasteiger partial charge in [-0.1, -0.05) is 31.7 Å². The Morgan fingerprint density at radius 3 is 2.61 bits per heavy atom. The third-order valence-corrected chi connectivity index (χ3v) is 5.26. The largest absolute Gasteiger partial charge is 0.481 e. The van der Waals surface area contributed by atoms with Crippen molar-refractivity contribution in [3.8, 4) is 5.88 Å². The molecule has 0 bridgehead atoms. The van der Waals surface area contributed by atoms with E-state index in [0.717, 1.165) is 17.9 Å². The van der Waals surface area contributed by atoms with E-state index >= 15 is 0 Å². The Morgan fingerprint density at radius 1 is 1.14 bits per heavy atom. The number of pyridine rings is 1. The van der Waals surface area contributed by atoms with Crippen molar-refractivity contribution in [1.29, 1.82) is 0 Å². The van der Waals surface area contributed by atoms with Gasteiger partial charge >= 0.3 is 0 Å². The average molecular weight is 381 g/mol. The number of amides is 2.